The van der Waals surface area contributed by atoms with Gasteiger partial charge in [0.05, 0.1) is 21.7 Å². The molecule has 0 atom stereocenters. The predicted molar refractivity (Wildman–Crippen MR) is 106 cm³/mol. The monoisotopic (exact) mass is 377 g/mol. The number of nitro groups is 1. The maximum absolute atomic E-state index is 12.3. The van der Waals surface area contributed by atoms with Crippen molar-refractivity contribution in [1.82, 2.24) is 4.57 Å². The standard InChI is InChI=1S/C20H15N3O3S/c1-3-13-22-19-14(2)5-4-6-17(19)27-20(22)21-18(24)12-9-15-7-10-16(11-8-15)23(25)26/h1,4-12H,13H2,2H3/b12-9-,21-20?. The number of rotatable bonds is 4. The highest BCUT2D eigenvalue weighted by molar-refractivity contribution is 7.16. The minimum atomic E-state index is -0.471. The van der Waals surface area contributed by atoms with E-state index in [1.54, 1.807) is 18.2 Å². The lowest BCUT2D eigenvalue weighted by molar-refractivity contribution is -0.384. The van der Waals surface area contributed by atoms with Gasteiger partial charge in [0, 0.05) is 18.2 Å². The lowest BCUT2D eigenvalue weighted by atomic mass is 10.2. The molecule has 0 unspecified atom stereocenters. The van der Waals surface area contributed by atoms with Crippen molar-refractivity contribution < 1.29 is 9.72 Å². The Labute approximate surface area is 159 Å². The van der Waals surface area contributed by atoms with Gasteiger partial charge in [-0.2, -0.15) is 4.99 Å². The van der Waals surface area contributed by atoms with Crippen LogP contribution in [0.3, 0.4) is 0 Å². The molecule has 0 aliphatic rings. The zero-order chi connectivity index (χ0) is 19.4. The fourth-order valence-corrected chi connectivity index (χ4v) is 3.75. The average Bonchev–Trinajstić information content (AvgIpc) is 2.99. The van der Waals surface area contributed by atoms with Gasteiger partial charge in [-0.05, 0) is 42.3 Å². The first-order valence-corrected chi connectivity index (χ1v) is 8.85. The first kappa shape index (κ1) is 18.3. The SMILES string of the molecule is C#CCn1c(=NC(=O)/C=C\c2ccc([N+](=O)[O-])cc2)sc2cccc(C)c21. The summed E-state index contributed by atoms with van der Waals surface area (Å²) >= 11 is 1.40. The van der Waals surface area contributed by atoms with Gasteiger partial charge in [0.1, 0.15) is 0 Å². The minimum absolute atomic E-state index is 0.000800. The Morgan fingerprint density at radius 1 is 1.33 bits per heavy atom. The van der Waals surface area contributed by atoms with Gasteiger partial charge in [0.2, 0.25) is 0 Å². The summed E-state index contributed by atoms with van der Waals surface area (Å²) in [6.45, 7) is 2.31. The number of fused-ring (bicyclic) bond motifs is 1. The molecule has 0 aliphatic heterocycles. The number of terminal acetylenes is 1. The number of carbonyl (C=O) groups excluding carboxylic acids is 1. The third-order valence-electron chi connectivity index (χ3n) is 3.88. The van der Waals surface area contributed by atoms with Gasteiger partial charge in [0.25, 0.3) is 11.6 Å². The van der Waals surface area contributed by atoms with E-state index in [9.17, 15) is 14.9 Å². The molecule has 134 valence electrons. The molecule has 1 aromatic heterocycles. The van der Waals surface area contributed by atoms with E-state index < -0.39 is 10.8 Å². The van der Waals surface area contributed by atoms with E-state index in [0.717, 1.165) is 15.8 Å². The number of nitro benzene ring substituents is 1. The van der Waals surface area contributed by atoms with Crippen molar-refractivity contribution in [2.75, 3.05) is 0 Å². The van der Waals surface area contributed by atoms with E-state index in [4.69, 9.17) is 6.42 Å². The van der Waals surface area contributed by atoms with Crippen LogP contribution >= 0.6 is 11.3 Å². The molecule has 0 spiro atoms. The summed E-state index contributed by atoms with van der Waals surface area (Å²) in [5.41, 5.74) is 2.72. The van der Waals surface area contributed by atoms with Crippen LogP contribution in [0.1, 0.15) is 11.1 Å². The Hall–Kier alpha value is -3.50. The number of aromatic nitrogens is 1. The largest absolute Gasteiger partial charge is 0.304 e. The van der Waals surface area contributed by atoms with Crippen LogP contribution in [-0.2, 0) is 11.3 Å². The van der Waals surface area contributed by atoms with Crippen molar-refractivity contribution in [2.45, 2.75) is 13.5 Å². The Balaban J connectivity index is 1.93. The molecule has 27 heavy (non-hydrogen) atoms. The Kier molecular flexibility index (Phi) is 5.29. The zero-order valence-electron chi connectivity index (χ0n) is 14.5. The molecule has 0 radical (unpaired) electrons. The van der Waals surface area contributed by atoms with Gasteiger partial charge in [-0.3, -0.25) is 14.9 Å². The van der Waals surface area contributed by atoms with Crippen LogP contribution in [0.15, 0.2) is 53.5 Å². The molecule has 0 N–H and O–H groups in total. The molecule has 2 aromatic carbocycles. The normalized spacial score (nSPS) is 11.8. The molecular weight excluding hydrogens is 362 g/mol. The maximum atomic E-state index is 12.3. The van der Waals surface area contributed by atoms with Gasteiger partial charge in [-0.1, -0.05) is 29.4 Å². The lowest BCUT2D eigenvalue weighted by Gasteiger charge is -2.02. The van der Waals surface area contributed by atoms with Gasteiger partial charge < -0.3 is 4.57 Å². The topological polar surface area (TPSA) is 77.5 Å². The van der Waals surface area contributed by atoms with Crippen LogP contribution in [-0.4, -0.2) is 15.4 Å². The third kappa shape index (κ3) is 4.02. The van der Waals surface area contributed by atoms with Crippen molar-refractivity contribution in [3.05, 3.63) is 74.6 Å². The number of nitrogens with zero attached hydrogens (tertiary/aromatic N) is 3. The highest BCUT2D eigenvalue weighted by Crippen LogP contribution is 2.20. The second-order valence-electron chi connectivity index (χ2n) is 5.73. The molecule has 1 amide bonds. The van der Waals surface area contributed by atoms with Crippen LogP contribution < -0.4 is 4.80 Å². The minimum Gasteiger partial charge on any atom is -0.304 e. The highest BCUT2D eigenvalue weighted by Gasteiger charge is 2.08. The van der Waals surface area contributed by atoms with E-state index in [1.165, 1.54) is 29.5 Å². The number of hydrogen-bond donors (Lipinski definition) is 0. The molecule has 6 nitrogen and oxygen atoms in total. The van der Waals surface area contributed by atoms with Crippen LogP contribution in [0.5, 0.6) is 0 Å². The Bertz CT molecular complexity index is 1160. The van der Waals surface area contributed by atoms with Gasteiger partial charge in [-0.15, -0.1) is 6.42 Å². The van der Waals surface area contributed by atoms with E-state index in [2.05, 4.69) is 10.9 Å². The van der Waals surface area contributed by atoms with Crippen LogP contribution in [0.4, 0.5) is 5.69 Å². The van der Waals surface area contributed by atoms with E-state index in [-0.39, 0.29) is 5.69 Å². The number of aryl methyl sites for hydroxylation is 1. The zero-order valence-corrected chi connectivity index (χ0v) is 15.3. The average molecular weight is 377 g/mol. The third-order valence-corrected chi connectivity index (χ3v) is 4.92. The number of non-ortho nitro benzene ring substituents is 1. The molecule has 0 saturated heterocycles. The number of hydrogen-bond acceptors (Lipinski definition) is 4. The number of amides is 1. The first-order chi connectivity index (χ1) is 13.0. The number of carbonyl (C=O) groups is 1. The highest BCUT2D eigenvalue weighted by atomic mass is 32.1. The van der Waals surface area contributed by atoms with Crippen LogP contribution in [0.25, 0.3) is 16.3 Å². The summed E-state index contributed by atoms with van der Waals surface area (Å²) in [4.78, 5) is 27.2. The molecular formula is C20H15N3O3S. The fraction of sp³-hybridized carbons (Fsp3) is 0.100. The summed E-state index contributed by atoms with van der Waals surface area (Å²) < 4.78 is 2.86. The van der Waals surface area contributed by atoms with E-state index in [0.29, 0.717) is 16.9 Å². The van der Waals surface area contributed by atoms with Crippen LogP contribution in [0.2, 0.25) is 0 Å². The van der Waals surface area contributed by atoms with Gasteiger partial charge >= 0.3 is 0 Å². The molecule has 0 aliphatic carbocycles. The second-order valence-corrected chi connectivity index (χ2v) is 6.74. The maximum Gasteiger partial charge on any atom is 0.272 e. The molecule has 0 saturated carbocycles. The molecule has 1 heterocycles. The van der Waals surface area contributed by atoms with Gasteiger partial charge in [-0.25, -0.2) is 0 Å². The molecule has 7 heteroatoms. The number of para-hydroxylation sites is 1. The number of benzene rings is 2. The van der Waals surface area contributed by atoms with Crippen molar-refractivity contribution in [2.24, 2.45) is 4.99 Å². The Morgan fingerprint density at radius 3 is 2.74 bits per heavy atom. The van der Waals surface area contributed by atoms with Gasteiger partial charge in [0.15, 0.2) is 4.80 Å². The molecule has 0 fully saturated rings. The lowest BCUT2D eigenvalue weighted by Crippen LogP contribution is -2.16. The van der Waals surface area contributed by atoms with Crippen LogP contribution in [0, 0.1) is 29.4 Å². The molecule has 3 rings (SSSR count). The summed E-state index contributed by atoms with van der Waals surface area (Å²) in [6, 6.07) is 11.8. The Morgan fingerprint density at radius 2 is 2.07 bits per heavy atom. The van der Waals surface area contributed by atoms with Crippen molar-refractivity contribution in [3.63, 3.8) is 0 Å². The van der Waals surface area contributed by atoms with Crippen molar-refractivity contribution in [3.8, 4) is 12.3 Å². The predicted octanol–water partition coefficient (Wildman–Crippen LogP) is 3.69. The quantitative estimate of drug-likeness (QED) is 0.301. The second kappa shape index (κ2) is 7.81. The first-order valence-electron chi connectivity index (χ1n) is 8.03. The fourth-order valence-electron chi connectivity index (χ4n) is 2.64. The number of thiazole rings is 1. The van der Waals surface area contributed by atoms with Crippen molar-refractivity contribution >= 4 is 39.2 Å². The van der Waals surface area contributed by atoms with E-state index in [1.807, 2.05) is 29.7 Å². The smallest absolute Gasteiger partial charge is 0.272 e. The molecule has 3 aromatic rings. The summed E-state index contributed by atoms with van der Waals surface area (Å²) in [6.07, 6.45) is 8.38. The molecule has 0 bridgehead atoms. The summed E-state index contributed by atoms with van der Waals surface area (Å²) in [5.74, 6) is 2.17. The van der Waals surface area contributed by atoms with E-state index >= 15 is 0 Å². The summed E-state index contributed by atoms with van der Waals surface area (Å²) in [5, 5.41) is 10.7. The summed E-state index contributed by atoms with van der Waals surface area (Å²) in [7, 11) is 0. The van der Waals surface area contributed by atoms with Crippen molar-refractivity contribution in [1.29, 1.82) is 0 Å².